The van der Waals surface area contributed by atoms with E-state index in [0.717, 1.165) is 18.5 Å². The molecule has 0 aromatic heterocycles. The number of thiocarbonyl (C=S) groups is 1. The first-order valence-corrected chi connectivity index (χ1v) is 5.36. The van der Waals surface area contributed by atoms with Gasteiger partial charge < -0.3 is 11.1 Å². The zero-order chi connectivity index (χ0) is 11.1. The third-order valence-corrected chi connectivity index (χ3v) is 2.30. The topological polar surface area (TPSA) is 38.0 Å². The van der Waals surface area contributed by atoms with Crippen molar-refractivity contribution in [3.8, 4) is 0 Å². The summed E-state index contributed by atoms with van der Waals surface area (Å²) in [6.07, 6.45) is 5.28. The molecule has 0 unspecified atom stereocenters. The molecule has 0 aliphatic carbocycles. The number of hydrogen-bond acceptors (Lipinski definition) is 2. The van der Waals surface area contributed by atoms with E-state index in [2.05, 4.69) is 17.5 Å². The predicted octanol–water partition coefficient (Wildman–Crippen LogP) is 1.94. The van der Waals surface area contributed by atoms with E-state index in [-0.39, 0.29) is 0 Å². The standard InChI is InChI=1S/C12H16N2S/c1-14-9-3-2-4-10-5-7-11(8-6-10)12(13)15/h2,4-8,14H,3,9H2,1H3,(H2,13,15). The Balaban J connectivity index is 2.56. The highest BCUT2D eigenvalue weighted by atomic mass is 32.1. The Morgan fingerprint density at radius 1 is 1.40 bits per heavy atom. The van der Waals surface area contributed by atoms with E-state index in [9.17, 15) is 0 Å². The van der Waals surface area contributed by atoms with E-state index in [1.54, 1.807) is 0 Å². The van der Waals surface area contributed by atoms with Gasteiger partial charge in [0.1, 0.15) is 4.99 Å². The van der Waals surface area contributed by atoms with Crippen LogP contribution in [0.1, 0.15) is 17.5 Å². The second kappa shape index (κ2) is 6.32. The molecule has 0 radical (unpaired) electrons. The van der Waals surface area contributed by atoms with Crippen molar-refractivity contribution in [1.29, 1.82) is 0 Å². The zero-order valence-corrected chi connectivity index (χ0v) is 9.68. The number of rotatable bonds is 5. The molecule has 3 N–H and O–H groups in total. The van der Waals surface area contributed by atoms with E-state index >= 15 is 0 Å². The van der Waals surface area contributed by atoms with Crippen molar-refractivity contribution in [2.75, 3.05) is 13.6 Å². The van der Waals surface area contributed by atoms with Gasteiger partial charge in [-0.2, -0.15) is 0 Å². The average Bonchev–Trinajstić information content (AvgIpc) is 2.25. The molecule has 0 aliphatic rings. The van der Waals surface area contributed by atoms with Crippen LogP contribution in [0.25, 0.3) is 6.08 Å². The Morgan fingerprint density at radius 2 is 2.07 bits per heavy atom. The van der Waals surface area contributed by atoms with Gasteiger partial charge in [0.25, 0.3) is 0 Å². The predicted molar refractivity (Wildman–Crippen MR) is 69.9 cm³/mol. The molecule has 0 spiro atoms. The summed E-state index contributed by atoms with van der Waals surface area (Å²) in [4.78, 5) is 0.445. The summed E-state index contributed by atoms with van der Waals surface area (Å²) >= 11 is 4.88. The van der Waals surface area contributed by atoms with Crippen molar-refractivity contribution in [3.63, 3.8) is 0 Å². The Labute approximate surface area is 96.2 Å². The van der Waals surface area contributed by atoms with Gasteiger partial charge in [0.05, 0.1) is 0 Å². The molecule has 0 saturated carbocycles. The van der Waals surface area contributed by atoms with Crippen LogP contribution in [-0.4, -0.2) is 18.6 Å². The first-order valence-electron chi connectivity index (χ1n) is 4.95. The Hall–Kier alpha value is -1.19. The summed E-state index contributed by atoms with van der Waals surface area (Å²) in [6, 6.07) is 7.93. The molecule has 0 heterocycles. The van der Waals surface area contributed by atoms with Crippen molar-refractivity contribution in [1.82, 2.24) is 5.32 Å². The minimum absolute atomic E-state index is 0.445. The van der Waals surface area contributed by atoms with E-state index in [1.807, 2.05) is 31.3 Å². The smallest absolute Gasteiger partial charge is 0.103 e. The van der Waals surface area contributed by atoms with Gasteiger partial charge >= 0.3 is 0 Å². The fourth-order valence-electron chi connectivity index (χ4n) is 1.21. The molecule has 0 saturated heterocycles. The maximum absolute atomic E-state index is 5.51. The molecule has 1 aromatic carbocycles. The Kier molecular flexibility index (Phi) is 5.01. The van der Waals surface area contributed by atoms with E-state index in [0.29, 0.717) is 4.99 Å². The lowest BCUT2D eigenvalue weighted by Crippen LogP contribution is -2.08. The fraction of sp³-hybridized carbons (Fsp3) is 0.250. The summed E-state index contributed by atoms with van der Waals surface area (Å²) in [6.45, 7) is 1.00. The van der Waals surface area contributed by atoms with Gasteiger partial charge in [-0.25, -0.2) is 0 Å². The second-order valence-corrected chi connectivity index (χ2v) is 3.72. The van der Waals surface area contributed by atoms with Gasteiger partial charge in [0.2, 0.25) is 0 Å². The van der Waals surface area contributed by atoms with E-state index < -0.39 is 0 Å². The minimum atomic E-state index is 0.445. The summed E-state index contributed by atoms with van der Waals surface area (Å²) < 4.78 is 0. The first-order chi connectivity index (χ1) is 7.24. The summed E-state index contributed by atoms with van der Waals surface area (Å²) in [5.74, 6) is 0. The van der Waals surface area contributed by atoms with Crippen LogP contribution in [0.2, 0.25) is 0 Å². The van der Waals surface area contributed by atoms with Crippen LogP contribution in [0.4, 0.5) is 0 Å². The molecule has 80 valence electrons. The van der Waals surface area contributed by atoms with Gasteiger partial charge in [-0.05, 0) is 25.6 Å². The maximum Gasteiger partial charge on any atom is 0.103 e. The van der Waals surface area contributed by atoms with Crippen molar-refractivity contribution in [2.24, 2.45) is 5.73 Å². The normalized spacial score (nSPS) is 10.7. The highest BCUT2D eigenvalue weighted by molar-refractivity contribution is 7.80. The second-order valence-electron chi connectivity index (χ2n) is 3.28. The van der Waals surface area contributed by atoms with Gasteiger partial charge in [-0.1, -0.05) is 48.6 Å². The molecule has 2 nitrogen and oxygen atoms in total. The van der Waals surface area contributed by atoms with Crippen molar-refractivity contribution >= 4 is 23.3 Å². The fourth-order valence-corrected chi connectivity index (χ4v) is 1.34. The third kappa shape index (κ3) is 4.23. The van der Waals surface area contributed by atoms with Crippen molar-refractivity contribution in [2.45, 2.75) is 6.42 Å². The van der Waals surface area contributed by atoms with Crippen LogP contribution in [0.5, 0.6) is 0 Å². The van der Waals surface area contributed by atoms with Gasteiger partial charge in [-0.15, -0.1) is 0 Å². The molecule has 1 rings (SSSR count). The lowest BCUT2D eigenvalue weighted by molar-refractivity contribution is 0.809. The lowest BCUT2D eigenvalue weighted by atomic mass is 10.1. The molecule has 15 heavy (non-hydrogen) atoms. The van der Waals surface area contributed by atoms with Gasteiger partial charge in [0, 0.05) is 5.56 Å². The molecule has 0 atom stereocenters. The van der Waals surface area contributed by atoms with Crippen LogP contribution >= 0.6 is 12.2 Å². The number of benzene rings is 1. The van der Waals surface area contributed by atoms with Crippen LogP contribution in [-0.2, 0) is 0 Å². The van der Waals surface area contributed by atoms with E-state index in [4.69, 9.17) is 18.0 Å². The Bertz CT molecular complexity index is 341. The summed E-state index contributed by atoms with van der Waals surface area (Å²) in [5, 5.41) is 3.09. The molecular formula is C12H16N2S. The zero-order valence-electron chi connectivity index (χ0n) is 8.86. The Morgan fingerprint density at radius 3 is 2.60 bits per heavy atom. The maximum atomic E-state index is 5.51. The number of nitrogens with two attached hydrogens (primary N) is 1. The molecule has 0 bridgehead atoms. The van der Waals surface area contributed by atoms with Crippen LogP contribution in [0.3, 0.4) is 0 Å². The SMILES string of the molecule is CNCCC=Cc1ccc(C(N)=S)cc1. The first kappa shape index (κ1) is 11.9. The number of nitrogens with one attached hydrogen (secondary N) is 1. The molecule has 0 aliphatic heterocycles. The molecule has 3 heteroatoms. The molecular weight excluding hydrogens is 204 g/mol. The average molecular weight is 220 g/mol. The molecule has 0 fully saturated rings. The lowest BCUT2D eigenvalue weighted by Gasteiger charge is -1.98. The van der Waals surface area contributed by atoms with E-state index in [1.165, 1.54) is 5.56 Å². The minimum Gasteiger partial charge on any atom is -0.389 e. The molecule has 1 aromatic rings. The van der Waals surface area contributed by atoms with Gasteiger partial charge in [0.15, 0.2) is 0 Å². The molecule has 0 amide bonds. The van der Waals surface area contributed by atoms with Crippen LogP contribution < -0.4 is 11.1 Å². The van der Waals surface area contributed by atoms with Crippen LogP contribution in [0, 0.1) is 0 Å². The van der Waals surface area contributed by atoms with Crippen molar-refractivity contribution in [3.05, 3.63) is 41.5 Å². The summed E-state index contributed by atoms with van der Waals surface area (Å²) in [7, 11) is 1.95. The van der Waals surface area contributed by atoms with Crippen LogP contribution in [0.15, 0.2) is 30.3 Å². The monoisotopic (exact) mass is 220 g/mol. The quantitative estimate of drug-likeness (QED) is 0.588. The largest absolute Gasteiger partial charge is 0.389 e. The summed E-state index contributed by atoms with van der Waals surface area (Å²) in [5.41, 5.74) is 7.60. The van der Waals surface area contributed by atoms with Gasteiger partial charge in [-0.3, -0.25) is 0 Å². The van der Waals surface area contributed by atoms with Crippen molar-refractivity contribution < 1.29 is 0 Å². The third-order valence-electron chi connectivity index (χ3n) is 2.07. The highest BCUT2D eigenvalue weighted by Crippen LogP contribution is 2.06. The highest BCUT2D eigenvalue weighted by Gasteiger charge is 1.93. The number of hydrogen-bond donors (Lipinski definition) is 2.